The van der Waals surface area contributed by atoms with Gasteiger partial charge in [0.2, 0.25) is 5.91 Å². The van der Waals surface area contributed by atoms with Gasteiger partial charge in [-0.15, -0.1) is 0 Å². The molecule has 1 fully saturated rings. The summed E-state index contributed by atoms with van der Waals surface area (Å²) < 4.78 is 5.33. The summed E-state index contributed by atoms with van der Waals surface area (Å²) in [6.45, 7) is 0.649. The molecule has 1 aliphatic carbocycles. The molecule has 1 saturated carbocycles. The number of nitrogens with one attached hydrogen (secondary N) is 2. The average Bonchev–Trinajstić information content (AvgIpc) is 3.27. The molecule has 33 heavy (non-hydrogen) atoms. The number of anilines is 3. The number of rotatable bonds is 5. The molecule has 0 saturated heterocycles. The molecular weight excluding hydrogens is 414 g/mol. The van der Waals surface area contributed by atoms with E-state index >= 15 is 0 Å². The van der Waals surface area contributed by atoms with Crippen molar-refractivity contribution in [2.24, 2.45) is 5.92 Å². The molecule has 2 unspecified atom stereocenters. The van der Waals surface area contributed by atoms with Gasteiger partial charge in [-0.3, -0.25) is 10.1 Å². The van der Waals surface area contributed by atoms with Crippen LogP contribution in [0.5, 0.6) is 0 Å². The highest BCUT2D eigenvalue weighted by molar-refractivity contribution is 6.00. The lowest BCUT2D eigenvalue weighted by molar-refractivity contribution is -0.122. The Balaban J connectivity index is 1.30. The van der Waals surface area contributed by atoms with Crippen molar-refractivity contribution in [2.75, 3.05) is 15.5 Å². The number of hydrogen-bond acceptors (Lipinski definition) is 4. The number of carbonyl (C=O) groups is 2. The SMILES string of the molecule is O=C(Nc1cccc(CN2C(=O)C3CCCC3Nc3ccccc32)c1)OCc1ccccc1. The van der Waals surface area contributed by atoms with Gasteiger partial charge in [-0.2, -0.15) is 0 Å². The van der Waals surface area contributed by atoms with Crippen LogP contribution in [-0.2, 0) is 22.7 Å². The van der Waals surface area contributed by atoms with E-state index in [0.717, 1.165) is 41.8 Å². The predicted molar refractivity (Wildman–Crippen MR) is 129 cm³/mol. The lowest BCUT2D eigenvalue weighted by Gasteiger charge is -2.25. The van der Waals surface area contributed by atoms with E-state index in [0.29, 0.717) is 12.2 Å². The number of benzene rings is 3. The van der Waals surface area contributed by atoms with Crippen LogP contribution in [0.25, 0.3) is 0 Å². The van der Waals surface area contributed by atoms with Gasteiger partial charge in [0.05, 0.1) is 23.8 Å². The fourth-order valence-corrected chi connectivity index (χ4v) is 4.75. The van der Waals surface area contributed by atoms with E-state index in [1.807, 2.05) is 83.8 Å². The Morgan fingerprint density at radius 2 is 1.76 bits per heavy atom. The molecule has 0 spiro atoms. The summed E-state index contributed by atoms with van der Waals surface area (Å²) >= 11 is 0. The highest BCUT2D eigenvalue weighted by Gasteiger charge is 2.39. The predicted octanol–water partition coefficient (Wildman–Crippen LogP) is 5.56. The minimum absolute atomic E-state index is 0.00771. The first kappa shape index (κ1) is 21.1. The molecule has 3 aromatic rings. The van der Waals surface area contributed by atoms with Gasteiger partial charge in [0, 0.05) is 11.7 Å². The van der Waals surface area contributed by atoms with Crippen LogP contribution < -0.4 is 15.5 Å². The lowest BCUT2D eigenvalue weighted by atomic mass is 10.0. The molecule has 168 valence electrons. The van der Waals surface area contributed by atoms with Crippen LogP contribution in [0.2, 0.25) is 0 Å². The summed E-state index contributed by atoms with van der Waals surface area (Å²) in [4.78, 5) is 27.6. The molecule has 2 atom stereocenters. The third kappa shape index (κ3) is 4.70. The minimum atomic E-state index is -0.509. The summed E-state index contributed by atoms with van der Waals surface area (Å²) in [7, 11) is 0. The third-order valence-corrected chi connectivity index (χ3v) is 6.36. The molecule has 1 heterocycles. The molecule has 0 bridgehead atoms. The van der Waals surface area contributed by atoms with Crippen LogP contribution in [0.3, 0.4) is 0 Å². The number of hydrogen-bond donors (Lipinski definition) is 2. The zero-order valence-corrected chi connectivity index (χ0v) is 18.4. The van der Waals surface area contributed by atoms with Gasteiger partial charge < -0.3 is 15.0 Å². The van der Waals surface area contributed by atoms with Crippen LogP contribution in [-0.4, -0.2) is 18.0 Å². The highest BCUT2D eigenvalue weighted by atomic mass is 16.5. The second-order valence-electron chi connectivity index (χ2n) is 8.62. The van der Waals surface area contributed by atoms with Gasteiger partial charge in [-0.05, 0) is 48.2 Å². The quantitative estimate of drug-likeness (QED) is 0.544. The molecule has 3 aromatic carbocycles. The largest absolute Gasteiger partial charge is 0.444 e. The molecule has 6 heteroatoms. The fourth-order valence-electron chi connectivity index (χ4n) is 4.75. The van der Waals surface area contributed by atoms with Crippen molar-refractivity contribution in [1.29, 1.82) is 0 Å². The van der Waals surface area contributed by atoms with Crippen molar-refractivity contribution in [3.8, 4) is 0 Å². The Morgan fingerprint density at radius 1 is 0.970 bits per heavy atom. The van der Waals surface area contributed by atoms with Crippen molar-refractivity contribution >= 4 is 29.1 Å². The summed E-state index contributed by atoms with van der Waals surface area (Å²) in [5.74, 6) is 0.155. The number of carbonyl (C=O) groups excluding carboxylic acids is 2. The molecule has 5 rings (SSSR count). The molecule has 2 amide bonds. The number of fused-ring (bicyclic) bond motifs is 2. The van der Waals surface area contributed by atoms with Crippen LogP contribution in [0.4, 0.5) is 21.9 Å². The zero-order chi connectivity index (χ0) is 22.6. The first-order chi connectivity index (χ1) is 16.2. The first-order valence-corrected chi connectivity index (χ1v) is 11.4. The van der Waals surface area contributed by atoms with Crippen molar-refractivity contribution < 1.29 is 14.3 Å². The first-order valence-electron chi connectivity index (χ1n) is 11.4. The van der Waals surface area contributed by atoms with Gasteiger partial charge in [0.25, 0.3) is 0 Å². The van der Waals surface area contributed by atoms with Crippen molar-refractivity contribution in [3.05, 3.63) is 90.0 Å². The van der Waals surface area contributed by atoms with E-state index in [2.05, 4.69) is 10.6 Å². The van der Waals surface area contributed by atoms with Crippen molar-refractivity contribution in [1.82, 2.24) is 0 Å². The second-order valence-corrected chi connectivity index (χ2v) is 8.62. The maximum atomic E-state index is 13.5. The standard InChI is InChI=1S/C27H27N3O3/c31-26-22-12-7-14-23(22)29-24-13-4-5-15-25(24)30(26)17-20-10-6-11-21(16-20)28-27(32)33-18-19-8-2-1-3-9-19/h1-6,8-11,13,15-16,22-23,29H,7,12,14,17-18H2,(H,28,32). The van der Waals surface area contributed by atoms with Crippen molar-refractivity contribution in [2.45, 2.75) is 38.5 Å². The number of nitrogens with zero attached hydrogens (tertiary/aromatic N) is 1. The smallest absolute Gasteiger partial charge is 0.411 e. The van der Waals surface area contributed by atoms with E-state index in [9.17, 15) is 9.59 Å². The number of amides is 2. The molecule has 6 nitrogen and oxygen atoms in total. The minimum Gasteiger partial charge on any atom is -0.444 e. The van der Waals surface area contributed by atoms with Gasteiger partial charge >= 0.3 is 6.09 Å². The Bertz CT molecular complexity index is 1150. The van der Waals surface area contributed by atoms with Gasteiger partial charge in [-0.1, -0.05) is 61.0 Å². The topological polar surface area (TPSA) is 70.7 Å². The maximum absolute atomic E-state index is 13.5. The average molecular weight is 442 g/mol. The van der Waals surface area contributed by atoms with Crippen LogP contribution in [0.1, 0.15) is 30.4 Å². The van der Waals surface area contributed by atoms with E-state index in [4.69, 9.17) is 4.74 Å². The van der Waals surface area contributed by atoms with Gasteiger partial charge in [0.15, 0.2) is 0 Å². The highest BCUT2D eigenvalue weighted by Crippen LogP contribution is 2.39. The van der Waals surface area contributed by atoms with Crippen molar-refractivity contribution in [3.63, 3.8) is 0 Å². The summed E-state index contributed by atoms with van der Waals surface area (Å²) in [6, 6.07) is 25.3. The Kier molecular flexibility index (Phi) is 5.98. The maximum Gasteiger partial charge on any atom is 0.411 e. The molecule has 2 N–H and O–H groups in total. The Hall–Kier alpha value is -3.80. The summed E-state index contributed by atoms with van der Waals surface area (Å²) in [5, 5.41) is 6.39. The van der Waals surface area contributed by atoms with Gasteiger partial charge in [0.1, 0.15) is 6.61 Å². The van der Waals surface area contributed by atoms with E-state index in [1.54, 1.807) is 0 Å². The number of para-hydroxylation sites is 2. The van der Waals surface area contributed by atoms with E-state index in [1.165, 1.54) is 0 Å². The summed E-state index contributed by atoms with van der Waals surface area (Å²) in [6.07, 6.45) is 2.48. The van der Waals surface area contributed by atoms with Crippen LogP contribution >= 0.6 is 0 Å². The van der Waals surface area contributed by atoms with Crippen LogP contribution in [0, 0.1) is 5.92 Å². The van der Waals surface area contributed by atoms with E-state index in [-0.39, 0.29) is 24.5 Å². The van der Waals surface area contributed by atoms with Crippen LogP contribution in [0.15, 0.2) is 78.9 Å². The molecule has 1 aliphatic heterocycles. The second kappa shape index (κ2) is 9.36. The molecule has 2 aliphatic rings. The normalized spacial score (nSPS) is 19.2. The van der Waals surface area contributed by atoms with Gasteiger partial charge in [-0.25, -0.2) is 4.79 Å². The lowest BCUT2D eigenvalue weighted by Crippen LogP contribution is -2.38. The molecule has 0 radical (unpaired) electrons. The third-order valence-electron chi connectivity index (χ3n) is 6.36. The molecular formula is C27H27N3O3. The molecule has 0 aromatic heterocycles. The Morgan fingerprint density at radius 3 is 2.64 bits per heavy atom. The monoisotopic (exact) mass is 441 g/mol. The fraction of sp³-hybridized carbons (Fsp3) is 0.259. The Labute approximate surface area is 193 Å². The van der Waals surface area contributed by atoms with E-state index < -0.39 is 6.09 Å². The summed E-state index contributed by atoms with van der Waals surface area (Å²) in [5.41, 5.74) is 4.41. The number of ether oxygens (including phenoxy) is 1. The zero-order valence-electron chi connectivity index (χ0n) is 18.4.